The summed E-state index contributed by atoms with van der Waals surface area (Å²) in [5.41, 5.74) is 0. The van der Waals surface area contributed by atoms with Gasteiger partial charge in [0.25, 0.3) is 0 Å². The molecule has 0 atom stereocenters. The number of hydrogen-bond donors (Lipinski definition) is 0. The third kappa shape index (κ3) is 1.20. The Morgan fingerprint density at radius 2 is 2.62 bits per heavy atom. The fourth-order valence-electron chi connectivity index (χ4n) is 0.563. The molecule has 8 heavy (non-hydrogen) atoms. The van der Waals surface area contributed by atoms with Crippen LogP contribution in [-0.4, -0.2) is 19.1 Å². The van der Waals surface area contributed by atoms with Gasteiger partial charge in [-0.3, -0.25) is 0 Å². The molecule has 2 radical (unpaired) electrons. The first kappa shape index (κ1) is 5.56. The number of hydrogen-bond acceptors (Lipinski definition) is 1. The molecule has 0 fully saturated rings. The number of aromatic nitrogens is 2. The highest BCUT2D eigenvalue weighted by atomic mass is 28.2. The molecule has 1 aromatic rings. The lowest BCUT2D eigenvalue weighted by Gasteiger charge is -1.92. The van der Waals surface area contributed by atoms with E-state index >= 15 is 0 Å². The van der Waals surface area contributed by atoms with Gasteiger partial charge < -0.3 is 4.57 Å². The van der Waals surface area contributed by atoms with Crippen molar-refractivity contribution in [3.63, 3.8) is 0 Å². The van der Waals surface area contributed by atoms with Crippen LogP contribution in [0.25, 0.3) is 0 Å². The molecule has 0 aromatic carbocycles. The number of nitrogens with zero attached hydrogens (tertiary/aromatic N) is 2. The summed E-state index contributed by atoms with van der Waals surface area (Å²) in [6, 6.07) is 0. The summed E-state index contributed by atoms with van der Waals surface area (Å²) < 4.78 is 2.08. The first-order chi connectivity index (χ1) is 3.93. The zero-order chi connectivity index (χ0) is 5.82. The monoisotopic (exact) mass is 124 g/mol. The van der Waals surface area contributed by atoms with Gasteiger partial charge in [-0.15, -0.1) is 0 Å². The largest absolute Gasteiger partial charge is 0.341 e. The maximum Gasteiger partial charge on any atom is 0.0942 e. The molecule has 42 valence electrons. The van der Waals surface area contributed by atoms with E-state index in [-0.39, 0.29) is 0 Å². The van der Waals surface area contributed by atoms with Gasteiger partial charge >= 0.3 is 0 Å². The van der Waals surface area contributed by atoms with E-state index in [4.69, 9.17) is 0 Å². The van der Waals surface area contributed by atoms with E-state index in [0.717, 1.165) is 15.7 Å². The minimum absolute atomic E-state index is 0.975. The molecule has 0 aliphatic heterocycles. The average molecular weight is 124 g/mol. The number of rotatable bonds is 2. The van der Waals surface area contributed by atoms with Crippen LogP contribution in [0.15, 0.2) is 18.7 Å². The van der Waals surface area contributed by atoms with Crippen LogP contribution < -0.4 is 0 Å². The molecule has 0 unspecified atom stereocenters. The summed E-state index contributed by atoms with van der Waals surface area (Å²) in [6.07, 6.45) is 6.74. The van der Waals surface area contributed by atoms with E-state index in [0.29, 0.717) is 0 Å². The van der Waals surface area contributed by atoms with Crippen molar-refractivity contribution in [2.75, 3.05) is 0 Å². The molecule has 0 N–H and O–H groups in total. The normalized spacial score (nSPS) is 9.62. The Morgan fingerprint density at radius 3 is 3.12 bits per heavy atom. The van der Waals surface area contributed by atoms with Gasteiger partial charge in [-0.25, -0.2) is 4.98 Å². The van der Waals surface area contributed by atoms with Crippen LogP contribution in [0.1, 0.15) is 0 Å². The maximum absolute atomic E-state index is 3.91. The van der Waals surface area contributed by atoms with Gasteiger partial charge in [0.05, 0.1) is 15.8 Å². The fraction of sp³-hybridized carbons (Fsp3) is 0.400. The van der Waals surface area contributed by atoms with Gasteiger partial charge in [-0.1, -0.05) is 6.55 Å². The van der Waals surface area contributed by atoms with Crippen molar-refractivity contribution in [1.29, 1.82) is 0 Å². The Balaban J connectivity index is 2.50. The van der Waals surface area contributed by atoms with E-state index in [1.807, 2.05) is 12.5 Å². The smallest absolute Gasteiger partial charge is 0.0942 e. The predicted octanol–water partition coefficient (Wildman–Crippen LogP) is 0.593. The minimum atomic E-state index is 0.975. The Morgan fingerprint density at radius 1 is 1.75 bits per heavy atom. The van der Waals surface area contributed by atoms with Crippen LogP contribution in [0, 0.1) is 0 Å². The second-order valence-corrected chi connectivity index (χ2v) is 2.61. The summed E-state index contributed by atoms with van der Waals surface area (Å²) >= 11 is 0. The van der Waals surface area contributed by atoms with Crippen molar-refractivity contribution in [2.24, 2.45) is 0 Å². The van der Waals surface area contributed by atoms with Gasteiger partial charge in [0.2, 0.25) is 0 Å². The first-order valence-electron chi connectivity index (χ1n) is 2.54. The van der Waals surface area contributed by atoms with E-state index in [9.17, 15) is 0 Å². The lowest BCUT2D eigenvalue weighted by atomic mass is 10.9. The Labute approximate surface area is 51.4 Å². The van der Waals surface area contributed by atoms with Gasteiger partial charge in [-0.05, 0) is 0 Å². The molecule has 3 heteroatoms. The molecule has 1 rings (SSSR count). The van der Waals surface area contributed by atoms with Gasteiger partial charge in [0.15, 0.2) is 0 Å². The highest BCUT2D eigenvalue weighted by molar-refractivity contribution is 6.31. The Hall–Kier alpha value is -0.573. The van der Waals surface area contributed by atoms with Crippen molar-refractivity contribution >= 4 is 9.52 Å². The summed E-state index contributed by atoms with van der Waals surface area (Å²) in [4.78, 5) is 3.91. The van der Waals surface area contributed by atoms with Crippen molar-refractivity contribution < 1.29 is 0 Å². The molecule has 0 spiro atoms. The van der Waals surface area contributed by atoms with E-state index in [2.05, 4.69) is 16.1 Å². The summed E-state index contributed by atoms with van der Waals surface area (Å²) in [5, 5.41) is 0. The zero-order valence-corrected chi connectivity index (χ0v) is 5.83. The van der Waals surface area contributed by atoms with Crippen LogP contribution in [-0.2, 0) is 6.17 Å². The van der Waals surface area contributed by atoms with E-state index in [1.54, 1.807) is 6.20 Å². The molecule has 0 amide bonds. The lowest BCUT2D eigenvalue weighted by molar-refractivity contribution is 0.872. The highest BCUT2D eigenvalue weighted by Gasteiger charge is 1.82. The van der Waals surface area contributed by atoms with Crippen molar-refractivity contribution in [2.45, 2.75) is 12.7 Å². The van der Waals surface area contributed by atoms with Crippen LogP contribution in [0.5, 0.6) is 0 Å². The second kappa shape index (κ2) is 2.67. The van der Waals surface area contributed by atoms with Crippen molar-refractivity contribution in [3.05, 3.63) is 18.7 Å². The summed E-state index contributed by atoms with van der Waals surface area (Å²) in [7, 11) is 0.975. The third-order valence-electron chi connectivity index (χ3n) is 0.900. The minimum Gasteiger partial charge on any atom is -0.341 e. The molecular formula is C5H8N2Si. The van der Waals surface area contributed by atoms with E-state index < -0.39 is 0 Å². The summed E-state index contributed by atoms with van der Waals surface area (Å²) in [6.45, 7) is 2.18. The second-order valence-electron chi connectivity index (χ2n) is 1.59. The SMILES string of the molecule is C[Si]Cn1ccnc1. The van der Waals surface area contributed by atoms with Crippen molar-refractivity contribution in [1.82, 2.24) is 9.55 Å². The molecule has 0 aliphatic carbocycles. The fourth-order valence-corrected chi connectivity index (χ4v) is 1.12. The molecule has 0 aliphatic rings. The van der Waals surface area contributed by atoms with Crippen LogP contribution in [0.2, 0.25) is 6.55 Å². The quantitative estimate of drug-likeness (QED) is 0.528. The maximum atomic E-state index is 3.91. The molecule has 0 saturated heterocycles. The Kier molecular flexibility index (Phi) is 1.85. The highest BCUT2D eigenvalue weighted by Crippen LogP contribution is 1.81. The van der Waals surface area contributed by atoms with Crippen LogP contribution in [0.4, 0.5) is 0 Å². The average Bonchev–Trinajstić information content (AvgIpc) is 2.19. The Bertz CT molecular complexity index is 136. The topological polar surface area (TPSA) is 17.8 Å². The van der Waals surface area contributed by atoms with Gasteiger partial charge in [0.1, 0.15) is 0 Å². The van der Waals surface area contributed by atoms with E-state index in [1.165, 1.54) is 0 Å². The van der Waals surface area contributed by atoms with Crippen LogP contribution in [0.3, 0.4) is 0 Å². The molecule has 1 aromatic heterocycles. The molecule has 1 heterocycles. The molecular weight excluding hydrogens is 116 g/mol. The lowest BCUT2D eigenvalue weighted by Crippen LogP contribution is -1.98. The number of imidazole rings is 1. The zero-order valence-electron chi connectivity index (χ0n) is 4.83. The van der Waals surface area contributed by atoms with Crippen molar-refractivity contribution in [3.8, 4) is 0 Å². The molecule has 0 bridgehead atoms. The standard InChI is InChI=1S/C5H8N2Si/c1-8-5-7-3-2-6-4-7/h2-4H,5H2,1H3. The first-order valence-corrected chi connectivity index (χ1v) is 4.24. The third-order valence-corrected chi connectivity index (χ3v) is 1.58. The molecule has 0 saturated carbocycles. The van der Waals surface area contributed by atoms with Gasteiger partial charge in [-0.2, -0.15) is 0 Å². The molecule has 2 nitrogen and oxygen atoms in total. The van der Waals surface area contributed by atoms with Crippen LogP contribution >= 0.6 is 0 Å². The predicted molar refractivity (Wildman–Crippen MR) is 33.8 cm³/mol. The van der Waals surface area contributed by atoms with Gasteiger partial charge in [0, 0.05) is 18.6 Å². The summed E-state index contributed by atoms with van der Waals surface area (Å²) in [5.74, 6) is 0.